The highest BCUT2D eigenvalue weighted by atomic mass is 16.6. The fourth-order valence-electron chi connectivity index (χ4n) is 2.53. The first-order valence-corrected chi connectivity index (χ1v) is 9.13. The molecule has 2 amide bonds. The Morgan fingerprint density at radius 3 is 2.48 bits per heavy atom. The van der Waals surface area contributed by atoms with Gasteiger partial charge in [-0.15, -0.1) is 0 Å². The molecule has 1 atom stereocenters. The summed E-state index contributed by atoms with van der Waals surface area (Å²) in [6.07, 6.45) is -0.961. The number of rotatable bonds is 8. The lowest BCUT2D eigenvalue weighted by Crippen LogP contribution is -2.54. The van der Waals surface area contributed by atoms with Crippen molar-refractivity contribution < 1.29 is 38.8 Å². The van der Waals surface area contributed by atoms with Crippen molar-refractivity contribution in [3.05, 3.63) is 24.3 Å². The Hall–Kier alpha value is -3.05. The van der Waals surface area contributed by atoms with Crippen molar-refractivity contribution in [1.29, 1.82) is 0 Å². The van der Waals surface area contributed by atoms with Gasteiger partial charge in [-0.25, -0.2) is 19.4 Å². The maximum absolute atomic E-state index is 12.4. The summed E-state index contributed by atoms with van der Waals surface area (Å²) in [6, 6.07) is 5.56. The normalized spacial score (nSPS) is 14.9. The van der Waals surface area contributed by atoms with Crippen molar-refractivity contribution in [2.24, 2.45) is 0 Å². The number of phenols is 1. The van der Waals surface area contributed by atoms with Gasteiger partial charge in [-0.1, -0.05) is 6.92 Å². The van der Waals surface area contributed by atoms with Crippen molar-refractivity contribution >= 4 is 18.0 Å². The molecule has 11 nitrogen and oxygen atoms in total. The molecule has 1 aromatic carbocycles. The summed E-state index contributed by atoms with van der Waals surface area (Å²) < 4.78 is 15.7. The molecule has 1 aliphatic rings. The zero-order chi connectivity index (χ0) is 21.2. The standard InChI is InChI=1S/C18H25N3O8/c1-2-21(19-18(26)20-7-9-27-10-8-20)11-15(29-17(25)16(23)24)12-28-14-5-3-13(22)4-6-14/h3-6,15,22H,2,7-12H2,1H3,(H,19,26)(H,23,24). The average molecular weight is 411 g/mol. The number of aromatic hydroxyl groups is 1. The third-order valence-corrected chi connectivity index (χ3v) is 4.08. The summed E-state index contributed by atoms with van der Waals surface area (Å²) in [7, 11) is 0. The minimum absolute atomic E-state index is 0.0175. The lowest BCUT2D eigenvalue weighted by molar-refractivity contribution is -0.169. The smallest absolute Gasteiger partial charge is 0.417 e. The van der Waals surface area contributed by atoms with E-state index in [2.05, 4.69) is 5.43 Å². The van der Waals surface area contributed by atoms with Crippen molar-refractivity contribution in [2.45, 2.75) is 13.0 Å². The Morgan fingerprint density at radius 1 is 1.24 bits per heavy atom. The highest BCUT2D eigenvalue weighted by Crippen LogP contribution is 2.16. The topological polar surface area (TPSA) is 138 Å². The first kappa shape index (κ1) is 22.2. The zero-order valence-corrected chi connectivity index (χ0v) is 16.1. The van der Waals surface area contributed by atoms with Crippen LogP contribution in [0.3, 0.4) is 0 Å². The second-order valence-corrected chi connectivity index (χ2v) is 6.19. The molecule has 2 rings (SSSR count). The number of urea groups is 1. The van der Waals surface area contributed by atoms with E-state index in [9.17, 15) is 19.5 Å². The number of likely N-dealkylation sites (N-methyl/N-ethyl adjacent to an activating group) is 1. The van der Waals surface area contributed by atoms with E-state index in [1.165, 1.54) is 29.3 Å². The SMILES string of the molecule is CCN(CC(COc1ccc(O)cc1)OC(=O)C(=O)O)NC(=O)N1CCOCC1. The molecule has 0 spiro atoms. The quantitative estimate of drug-likeness (QED) is 0.308. The Morgan fingerprint density at radius 2 is 1.90 bits per heavy atom. The average Bonchev–Trinajstić information content (AvgIpc) is 2.72. The largest absolute Gasteiger partial charge is 0.508 e. The molecule has 1 saturated heterocycles. The van der Waals surface area contributed by atoms with Crippen LogP contribution in [0.4, 0.5) is 4.79 Å². The molecule has 0 bridgehead atoms. The first-order chi connectivity index (χ1) is 13.9. The van der Waals surface area contributed by atoms with Gasteiger partial charge in [0.2, 0.25) is 0 Å². The number of morpholine rings is 1. The number of hydrogen-bond acceptors (Lipinski definition) is 8. The van der Waals surface area contributed by atoms with Gasteiger partial charge in [0.05, 0.1) is 19.8 Å². The number of esters is 1. The van der Waals surface area contributed by atoms with Crippen LogP contribution < -0.4 is 10.2 Å². The van der Waals surface area contributed by atoms with Crippen LogP contribution in [0.1, 0.15) is 6.92 Å². The van der Waals surface area contributed by atoms with Crippen LogP contribution in [0.5, 0.6) is 11.5 Å². The van der Waals surface area contributed by atoms with Gasteiger partial charge >= 0.3 is 18.0 Å². The second kappa shape index (κ2) is 11.1. The summed E-state index contributed by atoms with van der Waals surface area (Å²) in [6.45, 7) is 3.89. The molecule has 0 radical (unpaired) electrons. The lowest BCUT2D eigenvalue weighted by atomic mass is 10.3. The van der Waals surface area contributed by atoms with Crippen molar-refractivity contribution in [3.63, 3.8) is 0 Å². The number of nitrogens with zero attached hydrogens (tertiary/aromatic N) is 2. The Labute approximate surface area is 167 Å². The van der Waals surface area contributed by atoms with E-state index in [1.54, 1.807) is 11.8 Å². The van der Waals surface area contributed by atoms with Crippen LogP contribution >= 0.6 is 0 Å². The molecular weight excluding hydrogens is 386 g/mol. The van der Waals surface area contributed by atoms with Gasteiger partial charge in [0.15, 0.2) is 6.10 Å². The predicted molar refractivity (Wildman–Crippen MR) is 99.3 cm³/mol. The summed E-state index contributed by atoms with van der Waals surface area (Å²) in [4.78, 5) is 36.3. The lowest BCUT2D eigenvalue weighted by Gasteiger charge is -2.31. The number of carboxylic acid groups (broad SMARTS) is 1. The number of phenolic OH excluding ortho intramolecular Hbond substituents is 1. The highest BCUT2D eigenvalue weighted by molar-refractivity contribution is 6.28. The number of aliphatic carboxylic acids is 1. The maximum Gasteiger partial charge on any atom is 0.417 e. The van der Waals surface area contributed by atoms with Crippen LogP contribution in [-0.4, -0.2) is 90.2 Å². The molecule has 11 heteroatoms. The molecule has 0 aliphatic carbocycles. The van der Waals surface area contributed by atoms with E-state index >= 15 is 0 Å². The number of amides is 2. The number of carboxylic acids is 1. The second-order valence-electron chi connectivity index (χ2n) is 6.19. The van der Waals surface area contributed by atoms with Crippen molar-refractivity contribution in [3.8, 4) is 11.5 Å². The number of carbonyl (C=O) groups excluding carboxylic acids is 2. The van der Waals surface area contributed by atoms with Gasteiger partial charge in [0.1, 0.15) is 18.1 Å². The Kier molecular flexibility index (Phi) is 8.49. The molecule has 29 heavy (non-hydrogen) atoms. The summed E-state index contributed by atoms with van der Waals surface area (Å²) in [5.41, 5.74) is 2.71. The molecular formula is C18H25N3O8. The fraction of sp³-hybridized carbons (Fsp3) is 0.500. The minimum atomic E-state index is -1.72. The van der Waals surface area contributed by atoms with E-state index in [0.717, 1.165) is 0 Å². The number of carbonyl (C=O) groups is 3. The van der Waals surface area contributed by atoms with Crippen molar-refractivity contribution in [1.82, 2.24) is 15.3 Å². The van der Waals surface area contributed by atoms with Crippen LogP contribution in [0.2, 0.25) is 0 Å². The van der Waals surface area contributed by atoms with Crippen LogP contribution in [0.15, 0.2) is 24.3 Å². The summed E-state index contributed by atoms with van der Waals surface area (Å²) in [5.74, 6) is -2.67. The van der Waals surface area contributed by atoms with Gasteiger partial charge in [-0.05, 0) is 24.3 Å². The molecule has 1 fully saturated rings. The fourth-order valence-corrected chi connectivity index (χ4v) is 2.53. The summed E-state index contributed by atoms with van der Waals surface area (Å²) >= 11 is 0. The van der Waals surface area contributed by atoms with Gasteiger partial charge < -0.3 is 29.3 Å². The van der Waals surface area contributed by atoms with Gasteiger partial charge in [0, 0.05) is 19.6 Å². The molecule has 1 aromatic rings. The molecule has 160 valence electrons. The maximum atomic E-state index is 12.4. The zero-order valence-electron chi connectivity index (χ0n) is 16.1. The first-order valence-electron chi connectivity index (χ1n) is 9.13. The third kappa shape index (κ3) is 7.47. The van der Waals surface area contributed by atoms with Gasteiger partial charge in [0.25, 0.3) is 0 Å². The number of nitrogens with one attached hydrogen (secondary N) is 1. The summed E-state index contributed by atoms with van der Waals surface area (Å²) in [5, 5.41) is 19.6. The van der Waals surface area contributed by atoms with Crippen LogP contribution in [-0.2, 0) is 19.1 Å². The van der Waals surface area contributed by atoms with Gasteiger partial charge in [-0.2, -0.15) is 0 Å². The van der Waals surface area contributed by atoms with E-state index in [0.29, 0.717) is 38.6 Å². The Balaban J connectivity index is 1.97. The molecule has 1 heterocycles. The Bertz CT molecular complexity index is 691. The monoisotopic (exact) mass is 411 g/mol. The number of benzene rings is 1. The molecule has 3 N–H and O–H groups in total. The minimum Gasteiger partial charge on any atom is -0.508 e. The van der Waals surface area contributed by atoms with Crippen molar-refractivity contribution in [2.75, 3.05) is 46.0 Å². The molecule has 0 saturated carbocycles. The van der Waals surface area contributed by atoms with E-state index in [1.807, 2.05) is 0 Å². The van der Waals surface area contributed by atoms with Gasteiger partial charge in [-0.3, -0.25) is 5.43 Å². The third-order valence-electron chi connectivity index (χ3n) is 4.08. The number of hydrazine groups is 1. The van der Waals surface area contributed by atoms with E-state index in [-0.39, 0.29) is 24.9 Å². The molecule has 1 aliphatic heterocycles. The predicted octanol–water partition coefficient (Wildman–Crippen LogP) is 0.0461. The van der Waals surface area contributed by atoms with Crippen LogP contribution in [0.25, 0.3) is 0 Å². The highest BCUT2D eigenvalue weighted by Gasteiger charge is 2.25. The molecule has 0 aromatic heterocycles. The van der Waals surface area contributed by atoms with E-state index in [4.69, 9.17) is 19.3 Å². The number of hydrogen-bond donors (Lipinski definition) is 3. The number of ether oxygens (including phenoxy) is 3. The van der Waals surface area contributed by atoms with Crippen LogP contribution in [0, 0.1) is 0 Å². The van der Waals surface area contributed by atoms with E-state index < -0.39 is 18.0 Å². The molecule has 1 unspecified atom stereocenters.